The van der Waals surface area contributed by atoms with E-state index in [1.807, 2.05) is 0 Å². The van der Waals surface area contributed by atoms with Gasteiger partial charge in [0.2, 0.25) is 0 Å². The van der Waals surface area contributed by atoms with Crippen molar-refractivity contribution in [1.82, 2.24) is 0 Å². The lowest BCUT2D eigenvalue weighted by atomic mass is 10.0. The average Bonchev–Trinajstić information content (AvgIpc) is 2.98. The van der Waals surface area contributed by atoms with Crippen molar-refractivity contribution in [2.75, 3.05) is 6.61 Å². The summed E-state index contributed by atoms with van der Waals surface area (Å²) in [5, 5.41) is 10.6. The van der Waals surface area contributed by atoms with Crippen molar-refractivity contribution in [2.24, 2.45) is 0 Å². The summed E-state index contributed by atoms with van der Waals surface area (Å²) in [6.07, 6.45) is 3.09. The standard InChI is InChI=1S/C14H16Cl2O3/c15-9-4-3-5-10(16)12(9)13-11(8-17)18-14(19-13)6-1-2-7-14/h3-5,11,13,17H,1-2,6-8H2/t11-,13+/m1/s1. The van der Waals surface area contributed by atoms with Crippen LogP contribution >= 0.6 is 23.2 Å². The predicted octanol–water partition coefficient (Wildman–Crippen LogP) is 3.71. The lowest BCUT2D eigenvalue weighted by Crippen LogP contribution is -2.27. The number of benzene rings is 1. The molecule has 1 aliphatic heterocycles. The fourth-order valence-corrected chi connectivity index (χ4v) is 3.59. The van der Waals surface area contributed by atoms with Crippen LogP contribution in [0.4, 0.5) is 0 Å². The second kappa shape index (κ2) is 5.23. The van der Waals surface area contributed by atoms with Gasteiger partial charge >= 0.3 is 0 Å². The fourth-order valence-electron chi connectivity index (χ4n) is 2.98. The van der Waals surface area contributed by atoms with Gasteiger partial charge in [0.15, 0.2) is 5.79 Å². The van der Waals surface area contributed by atoms with E-state index in [2.05, 4.69) is 0 Å². The molecule has 104 valence electrons. The monoisotopic (exact) mass is 302 g/mol. The highest BCUT2D eigenvalue weighted by molar-refractivity contribution is 6.36. The molecule has 1 aromatic rings. The zero-order chi connectivity index (χ0) is 13.5. The zero-order valence-electron chi connectivity index (χ0n) is 10.4. The van der Waals surface area contributed by atoms with Crippen LogP contribution in [0.15, 0.2) is 18.2 Å². The van der Waals surface area contributed by atoms with Crippen molar-refractivity contribution in [3.8, 4) is 0 Å². The molecule has 1 aromatic carbocycles. The Hall–Kier alpha value is -0.320. The Morgan fingerprint density at radius 2 is 1.79 bits per heavy atom. The first-order valence-electron chi connectivity index (χ1n) is 6.56. The topological polar surface area (TPSA) is 38.7 Å². The van der Waals surface area contributed by atoms with E-state index in [-0.39, 0.29) is 6.61 Å². The second-order valence-corrected chi connectivity index (χ2v) is 5.94. The van der Waals surface area contributed by atoms with Crippen molar-refractivity contribution >= 4 is 23.2 Å². The van der Waals surface area contributed by atoms with E-state index in [4.69, 9.17) is 32.7 Å². The number of rotatable bonds is 2. The molecule has 1 saturated heterocycles. The molecular weight excluding hydrogens is 287 g/mol. The minimum Gasteiger partial charge on any atom is -0.394 e. The third kappa shape index (κ3) is 2.39. The van der Waals surface area contributed by atoms with Crippen LogP contribution in [0.3, 0.4) is 0 Å². The lowest BCUT2D eigenvalue weighted by molar-refractivity contribution is -0.172. The van der Waals surface area contributed by atoms with Crippen molar-refractivity contribution in [2.45, 2.75) is 43.7 Å². The Morgan fingerprint density at radius 3 is 2.37 bits per heavy atom. The Bertz CT molecular complexity index is 452. The SMILES string of the molecule is OC[C@H]1OC2(CCCC2)O[C@@H]1c1c(Cl)cccc1Cl. The average molecular weight is 303 g/mol. The third-order valence-electron chi connectivity index (χ3n) is 3.88. The van der Waals surface area contributed by atoms with Gasteiger partial charge in [0.05, 0.1) is 6.61 Å². The van der Waals surface area contributed by atoms with Crippen LogP contribution in [0.25, 0.3) is 0 Å². The summed E-state index contributed by atoms with van der Waals surface area (Å²) in [4.78, 5) is 0. The maximum Gasteiger partial charge on any atom is 0.169 e. The van der Waals surface area contributed by atoms with E-state index >= 15 is 0 Å². The van der Waals surface area contributed by atoms with Crippen LogP contribution in [0.2, 0.25) is 10.0 Å². The summed E-state index contributed by atoms with van der Waals surface area (Å²) in [6, 6.07) is 5.35. The summed E-state index contributed by atoms with van der Waals surface area (Å²) < 4.78 is 12.1. The predicted molar refractivity (Wildman–Crippen MR) is 73.4 cm³/mol. The maximum atomic E-state index is 9.53. The largest absolute Gasteiger partial charge is 0.394 e. The van der Waals surface area contributed by atoms with Crippen LogP contribution in [0, 0.1) is 0 Å². The molecule has 2 atom stereocenters. The smallest absolute Gasteiger partial charge is 0.169 e. The number of hydrogen-bond donors (Lipinski definition) is 1. The van der Waals surface area contributed by atoms with Crippen molar-refractivity contribution in [1.29, 1.82) is 0 Å². The van der Waals surface area contributed by atoms with Gasteiger partial charge in [0, 0.05) is 28.5 Å². The first-order chi connectivity index (χ1) is 9.15. The summed E-state index contributed by atoms with van der Waals surface area (Å²) in [5.41, 5.74) is 0.716. The van der Waals surface area contributed by atoms with Crippen LogP contribution in [0.5, 0.6) is 0 Å². The molecule has 2 aliphatic rings. The Morgan fingerprint density at radius 1 is 1.16 bits per heavy atom. The van der Waals surface area contributed by atoms with Gasteiger partial charge in [0.1, 0.15) is 12.2 Å². The van der Waals surface area contributed by atoms with E-state index in [0.29, 0.717) is 15.6 Å². The van der Waals surface area contributed by atoms with Gasteiger partial charge in [-0.1, -0.05) is 29.3 Å². The summed E-state index contributed by atoms with van der Waals surface area (Å²) in [7, 11) is 0. The van der Waals surface area contributed by atoms with Gasteiger partial charge in [-0.05, 0) is 25.0 Å². The van der Waals surface area contributed by atoms with Gasteiger partial charge < -0.3 is 14.6 Å². The first kappa shape index (κ1) is 13.7. The molecule has 0 bridgehead atoms. The molecule has 1 spiro atoms. The molecule has 19 heavy (non-hydrogen) atoms. The van der Waals surface area contributed by atoms with Crippen molar-refractivity contribution in [3.05, 3.63) is 33.8 Å². The molecule has 0 radical (unpaired) electrons. The second-order valence-electron chi connectivity index (χ2n) is 5.13. The van der Waals surface area contributed by atoms with Crippen LogP contribution in [0.1, 0.15) is 37.4 Å². The molecule has 1 aliphatic carbocycles. The molecule has 0 amide bonds. The number of aliphatic hydroxyl groups is 1. The number of hydrogen-bond acceptors (Lipinski definition) is 3. The van der Waals surface area contributed by atoms with Gasteiger partial charge in [-0.15, -0.1) is 0 Å². The molecule has 3 rings (SSSR count). The first-order valence-corrected chi connectivity index (χ1v) is 7.31. The molecule has 3 nitrogen and oxygen atoms in total. The Kier molecular flexibility index (Phi) is 3.76. The highest BCUT2D eigenvalue weighted by Crippen LogP contribution is 2.49. The maximum absolute atomic E-state index is 9.53. The Labute approximate surface area is 122 Å². The number of aliphatic hydroxyl groups excluding tert-OH is 1. The quantitative estimate of drug-likeness (QED) is 0.905. The van der Waals surface area contributed by atoms with Gasteiger partial charge in [-0.2, -0.15) is 0 Å². The molecule has 1 heterocycles. The minimum atomic E-state index is -0.555. The highest BCUT2D eigenvalue weighted by Gasteiger charge is 2.50. The molecule has 1 N–H and O–H groups in total. The van der Waals surface area contributed by atoms with E-state index < -0.39 is 18.0 Å². The molecule has 0 aromatic heterocycles. The molecule has 0 unspecified atom stereocenters. The highest BCUT2D eigenvalue weighted by atomic mass is 35.5. The molecule has 1 saturated carbocycles. The summed E-state index contributed by atoms with van der Waals surface area (Å²) >= 11 is 12.5. The minimum absolute atomic E-state index is 0.103. The Balaban J connectivity index is 1.95. The molecule has 2 fully saturated rings. The normalized spacial score (nSPS) is 29.2. The zero-order valence-corrected chi connectivity index (χ0v) is 12.0. The van der Waals surface area contributed by atoms with Gasteiger partial charge in [0.25, 0.3) is 0 Å². The fraction of sp³-hybridized carbons (Fsp3) is 0.571. The van der Waals surface area contributed by atoms with Gasteiger partial charge in [-0.25, -0.2) is 0 Å². The van der Waals surface area contributed by atoms with Crippen LogP contribution in [-0.4, -0.2) is 23.6 Å². The van der Waals surface area contributed by atoms with Gasteiger partial charge in [-0.3, -0.25) is 0 Å². The van der Waals surface area contributed by atoms with E-state index in [1.54, 1.807) is 18.2 Å². The molecule has 5 heteroatoms. The molecular formula is C14H16Cl2O3. The summed E-state index contributed by atoms with van der Waals surface area (Å²) in [6.45, 7) is -0.103. The lowest BCUT2D eigenvalue weighted by Gasteiger charge is -2.22. The van der Waals surface area contributed by atoms with E-state index in [0.717, 1.165) is 25.7 Å². The number of ether oxygens (including phenoxy) is 2. The van der Waals surface area contributed by atoms with Crippen molar-refractivity contribution in [3.63, 3.8) is 0 Å². The van der Waals surface area contributed by atoms with E-state index in [1.165, 1.54) is 0 Å². The summed E-state index contributed by atoms with van der Waals surface area (Å²) in [5.74, 6) is -0.555. The van der Waals surface area contributed by atoms with E-state index in [9.17, 15) is 5.11 Å². The van der Waals surface area contributed by atoms with Crippen LogP contribution < -0.4 is 0 Å². The third-order valence-corrected chi connectivity index (χ3v) is 4.53. The van der Waals surface area contributed by atoms with Crippen molar-refractivity contribution < 1.29 is 14.6 Å². The number of halogens is 2. The van der Waals surface area contributed by atoms with Crippen LogP contribution in [-0.2, 0) is 9.47 Å².